The Balaban J connectivity index is 2.03. The monoisotopic (exact) mass is 302 g/mol. The second kappa shape index (κ2) is 4.93. The predicted octanol–water partition coefficient (Wildman–Crippen LogP) is 3.13. The summed E-state index contributed by atoms with van der Waals surface area (Å²) in [5.41, 5.74) is 3.70. The van der Waals surface area contributed by atoms with Gasteiger partial charge in [0.05, 0.1) is 11.0 Å². The first kappa shape index (κ1) is 13.0. The minimum absolute atomic E-state index is 0.357. The average molecular weight is 303 g/mol. The molecule has 1 aliphatic heterocycles. The smallest absolute Gasteiger partial charge is 0.199 e. The third-order valence-electron chi connectivity index (χ3n) is 4.05. The van der Waals surface area contributed by atoms with Gasteiger partial charge in [-0.05, 0) is 37.5 Å². The van der Waals surface area contributed by atoms with Gasteiger partial charge >= 0.3 is 0 Å². The minimum atomic E-state index is 0.357. The van der Waals surface area contributed by atoms with Crippen molar-refractivity contribution < 1.29 is 4.74 Å². The van der Waals surface area contributed by atoms with Gasteiger partial charge in [-0.15, -0.1) is 10.2 Å². The zero-order valence-corrected chi connectivity index (χ0v) is 12.5. The third kappa shape index (κ3) is 2.08. The van der Waals surface area contributed by atoms with Gasteiger partial charge in [-0.3, -0.25) is 4.40 Å². The Bertz CT molecular complexity index is 823. The second-order valence-electron chi connectivity index (χ2n) is 5.50. The van der Waals surface area contributed by atoms with Gasteiger partial charge in [-0.1, -0.05) is 17.7 Å². The largest absolute Gasteiger partial charge is 0.381 e. The maximum absolute atomic E-state index is 6.27. The molecule has 108 valence electrons. The van der Waals surface area contributed by atoms with E-state index >= 15 is 0 Å². The zero-order valence-electron chi connectivity index (χ0n) is 11.7. The molecule has 0 amide bonds. The lowest BCUT2D eigenvalue weighted by Crippen LogP contribution is -2.16. The Morgan fingerprint density at radius 3 is 2.86 bits per heavy atom. The molecule has 1 aromatic carbocycles. The van der Waals surface area contributed by atoms with Crippen LogP contribution in [-0.4, -0.2) is 32.8 Å². The molecular weight excluding hydrogens is 288 g/mol. The Morgan fingerprint density at radius 2 is 2.05 bits per heavy atom. The van der Waals surface area contributed by atoms with Crippen molar-refractivity contribution in [1.29, 1.82) is 0 Å². The standard InChI is InChI=1S/C15H15ClN4O/c1-9-2-3-11-12(8-9)20-14(10-4-6-21-7-5-10)18-19-15(20)13(16)17-11/h2-3,8,10H,4-7H2,1H3. The number of halogens is 1. The Kier molecular flexibility index (Phi) is 3.05. The van der Waals surface area contributed by atoms with Crippen LogP contribution < -0.4 is 0 Å². The van der Waals surface area contributed by atoms with E-state index in [1.54, 1.807) is 0 Å². The minimum Gasteiger partial charge on any atom is -0.381 e. The highest BCUT2D eigenvalue weighted by Crippen LogP contribution is 2.30. The molecule has 0 saturated carbocycles. The van der Waals surface area contributed by atoms with Crippen LogP contribution in [0.2, 0.25) is 5.15 Å². The lowest BCUT2D eigenvalue weighted by Gasteiger charge is -2.20. The van der Waals surface area contributed by atoms with E-state index in [4.69, 9.17) is 16.3 Å². The summed E-state index contributed by atoms with van der Waals surface area (Å²) in [6.45, 7) is 3.61. The van der Waals surface area contributed by atoms with Crippen molar-refractivity contribution in [1.82, 2.24) is 19.6 Å². The number of nitrogens with zero attached hydrogens (tertiary/aromatic N) is 4. The summed E-state index contributed by atoms with van der Waals surface area (Å²) in [6.07, 6.45) is 1.93. The molecule has 21 heavy (non-hydrogen) atoms. The number of hydrogen-bond donors (Lipinski definition) is 0. The van der Waals surface area contributed by atoms with Crippen molar-refractivity contribution in [3.8, 4) is 0 Å². The van der Waals surface area contributed by atoms with Gasteiger partial charge in [0.15, 0.2) is 10.8 Å². The molecule has 1 aliphatic rings. The molecule has 0 radical (unpaired) electrons. The Morgan fingerprint density at radius 1 is 1.24 bits per heavy atom. The van der Waals surface area contributed by atoms with E-state index < -0.39 is 0 Å². The predicted molar refractivity (Wildman–Crippen MR) is 80.8 cm³/mol. The van der Waals surface area contributed by atoms with E-state index in [1.165, 1.54) is 5.56 Å². The number of aromatic nitrogens is 4. The molecule has 4 rings (SSSR count). The van der Waals surface area contributed by atoms with Crippen LogP contribution in [0.4, 0.5) is 0 Å². The van der Waals surface area contributed by atoms with Crippen LogP contribution in [0.1, 0.15) is 30.1 Å². The van der Waals surface area contributed by atoms with Crippen LogP contribution in [0.3, 0.4) is 0 Å². The van der Waals surface area contributed by atoms with Gasteiger partial charge in [0, 0.05) is 19.1 Å². The van der Waals surface area contributed by atoms with Gasteiger partial charge in [-0.25, -0.2) is 4.98 Å². The quantitative estimate of drug-likeness (QED) is 0.693. The van der Waals surface area contributed by atoms with Gasteiger partial charge < -0.3 is 4.74 Å². The molecule has 3 heterocycles. The Hall–Kier alpha value is -1.72. The van der Waals surface area contributed by atoms with Crippen LogP contribution >= 0.6 is 11.6 Å². The highest BCUT2D eigenvalue weighted by molar-refractivity contribution is 6.32. The van der Waals surface area contributed by atoms with Gasteiger partial charge in [-0.2, -0.15) is 0 Å². The molecule has 0 unspecified atom stereocenters. The van der Waals surface area contributed by atoms with Crippen LogP contribution in [0.15, 0.2) is 18.2 Å². The second-order valence-corrected chi connectivity index (χ2v) is 5.86. The molecule has 3 aromatic rings. The van der Waals surface area contributed by atoms with Crippen molar-refractivity contribution in [2.24, 2.45) is 0 Å². The summed E-state index contributed by atoms with van der Waals surface area (Å²) < 4.78 is 7.51. The fourth-order valence-electron chi connectivity index (χ4n) is 2.95. The molecule has 1 fully saturated rings. The van der Waals surface area contributed by atoms with E-state index in [1.807, 2.05) is 12.1 Å². The maximum Gasteiger partial charge on any atom is 0.199 e. The first-order valence-electron chi connectivity index (χ1n) is 7.12. The number of benzene rings is 1. The summed E-state index contributed by atoms with van der Waals surface area (Å²) in [7, 11) is 0. The van der Waals surface area contributed by atoms with E-state index in [0.717, 1.165) is 42.9 Å². The lowest BCUT2D eigenvalue weighted by molar-refractivity contribution is 0.0834. The van der Waals surface area contributed by atoms with E-state index in [9.17, 15) is 0 Å². The zero-order chi connectivity index (χ0) is 14.4. The highest BCUT2D eigenvalue weighted by atomic mass is 35.5. The molecule has 0 N–H and O–H groups in total. The summed E-state index contributed by atoms with van der Waals surface area (Å²) in [4.78, 5) is 4.42. The van der Waals surface area contributed by atoms with Crippen LogP contribution in [0.25, 0.3) is 16.7 Å². The molecule has 0 bridgehead atoms. The lowest BCUT2D eigenvalue weighted by atomic mass is 9.99. The van der Waals surface area contributed by atoms with Crippen molar-refractivity contribution in [3.05, 3.63) is 34.7 Å². The SMILES string of the molecule is Cc1ccc2nc(Cl)c3nnc(C4CCOCC4)n3c2c1. The number of aryl methyl sites for hydroxylation is 1. The summed E-state index contributed by atoms with van der Waals surface area (Å²) in [5.74, 6) is 1.32. The molecule has 0 atom stereocenters. The molecule has 0 aliphatic carbocycles. The van der Waals surface area contributed by atoms with E-state index in [-0.39, 0.29) is 0 Å². The number of fused-ring (bicyclic) bond motifs is 3. The molecular formula is C15H15ClN4O. The summed E-state index contributed by atoms with van der Waals surface area (Å²) in [5, 5.41) is 9.04. The summed E-state index contributed by atoms with van der Waals surface area (Å²) >= 11 is 6.27. The first-order chi connectivity index (χ1) is 10.2. The van der Waals surface area contributed by atoms with Gasteiger partial charge in [0.2, 0.25) is 0 Å². The molecule has 5 nitrogen and oxygen atoms in total. The van der Waals surface area contributed by atoms with Gasteiger partial charge in [0.1, 0.15) is 5.82 Å². The highest BCUT2D eigenvalue weighted by Gasteiger charge is 2.23. The average Bonchev–Trinajstić information content (AvgIpc) is 2.95. The topological polar surface area (TPSA) is 52.3 Å². The number of ether oxygens (including phenoxy) is 1. The maximum atomic E-state index is 6.27. The summed E-state index contributed by atoms with van der Waals surface area (Å²) in [6, 6.07) is 6.14. The van der Waals surface area contributed by atoms with Gasteiger partial charge in [0.25, 0.3) is 0 Å². The first-order valence-corrected chi connectivity index (χ1v) is 7.50. The molecule has 1 saturated heterocycles. The van der Waals surface area contributed by atoms with Crippen LogP contribution in [0.5, 0.6) is 0 Å². The van der Waals surface area contributed by atoms with Crippen molar-refractivity contribution in [3.63, 3.8) is 0 Å². The number of rotatable bonds is 1. The van der Waals surface area contributed by atoms with Crippen molar-refractivity contribution in [2.75, 3.05) is 13.2 Å². The normalized spacial score (nSPS) is 16.9. The van der Waals surface area contributed by atoms with Crippen molar-refractivity contribution in [2.45, 2.75) is 25.7 Å². The van der Waals surface area contributed by atoms with Crippen LogP contribution in [-0.2, 0) is 4.74 Å². The fourth-order valence-corrected chi connectivity index (χ4v) is 3.16. The van der Waals surface area contributed by atoms with Crippen molar-refractivity contribution >= 4 is 28.3 Å². The van der Waals surface area contributed by atoms with Crippen LogP contribution in [0, 0.1) is 6.92 Å². The molecule has 0 spiro atoms. The molecule has 2 aromatic heterocycles. The number of hydrogen-bond acceptors (Lipinski definition) is 4. The molecule has 6 heteroatoms. The van der Waals surface area contributed by atoms with E-state index in [0.29, 0.717) is 16.7 Å². The Labute approximate surface area is 126 Å². The van der Waals surface area contributed by atoms with E-state index in [2.05, 4.69) is 32.6 Å². The fraction of sp³-hybridized carbons (Fsp3) is 0.400. The third-order valence-corrected chi connectivity index (χ3v) is 4.30.